The van der Waals surface area contributed by atoms with Gasteiger partial charge < -0.3 is 16.2 Å². The van der Waals surface area contributed by atoms with Gasteiger partial charge in [-0.05, 0) is 130 Å². The van der Waals surface area contributed by atoms with Gasteiger partial charge in [0.25, 0.3) is 0 Å². The molecule has 9 atom stereocenters. The summed E-state index contributed by atoms with van der Waals surface area (Å²) in [5.74, 6) is 6.07. The molecule has 1 aromatic rings. The van der Waals surface area contributed by atoms with E-state index in [1.54, 1.807) is 0 Å². The van der Waals surface area contributed by atoms with Crippen LogP contribution in [0.1, 0.15) is 119 Å². The van der Waals surface area contributed by atoms with Gasteiger partial charge in [-0.2, -0.15) is 0 Å². The summed E-state index contributed by atoms with van der Waals surface area (Å²) in [5, 5.41) is 0. The van der Waals surface area contributed by atoms with E-state index in [2.05, 4.69) is 54.5 Å². The number of unbranched alkanes of at least 4 members (excludes halogenated alkanes) is 1. The van der Waals surface area contributed by atoms with Crippen molar-refractivity contribution in [1.82, 2.24) is 0 Å². The van der Waals surface area contributed by atoms with Gasteiger partial charge in [-0.15, -0.1) is 0 Å². The van der Waals surface area contributed by atoms with Gasteiger partial charge in [0.2, 0.25) is 0 Å². The molecule has 39 heavy (non-hydrogen) atoms. The molecule has 0 spiro atoms. The molecule has 5 rings (SSSR count). The topological polar surface area (TPSA) is 61.3 Å². The number of nitrogen functional groups attached to an aromatic ring is 2. The first kappa shape index (κ1) is 28.9. The lowest BCUT2D eigenvalue weighted by molar-refractivity contribution is -0.174. The lowest BCUT2D eigenvalue weighted by Gasteiger charge is -2.65. The maximum Gasteiger partial charge on any atom is 0.123 e. The molecule has 9 unspecified atom stereocenters. The lowest BCUT2D eigenvalue weighted by atomic mass is 9.41. The molecule has 4 saturated carbocycles. The zero-order valence-corrected chi connectivity index (χ0v) is 26.2. The van der Waals surface area contributed by atoms with E-state index in [0.717, 1.165) is 41.8 Å². The van der Waals surface area contributed by atoms with Crippen molar-refractivity contribution in [3.8, 4) is 5.75 Å². The van der Waals surface area contributed by atoms with Gasteiger partial charge in [-0.25, -0.2) is 0 Å². The van der Waals surface area contributed by atoms with Gasteiger partial charge in [0.05, 0.1) is 0 Å². The molecular weight excluding hydrogens is 476 g/mol. The van der Waals surface area contributed by atoms with Crippen LogP contribution in [-0.4, -0.2) is 6.10 Å². The van der Waals surface area contributed by atoms with Gasteiger partial charge >= 0.3 is 0 Å². The Hall–Kier alpha value is -1.64. The fourth-order valence-electron chi connectivity index (χ4n) is 11.2. The lowest BCUT2D eigenvalue weighted by Crippen LogP contribution is -2.60. The Morgan fingerprint density at radius 2 is 1.56 bits per heavy atom. The number of fused-ring (bicyclic) bond motifs is 5. The molecule has 0 bridgehead atoms. The predicted octanol–water partition coefficient (Wildman–Crippen LogP) is 9.67. The van der Waals surface area contributed by atoms with E-state index in [-0.39, 0.29) is 11.5 Å². The second kappa shape index (κ2) is 10.6. The molecule has 3 nitrogen and oxygen atoms in total. The molecule has 0 aliphatic heterocycles. The molecule has 1 aromatic carbocycles. The molecule has 0 amide bonds. The minimum Gasteiger partial charge on any atom is -0.490 e. The Labute approximate surface area is 239 Å². The zero-order chi connectivity index (χ0) is 28.2. The fourth-order valence-corrected chi connectivity index (χ4v) is 11.2. The molecule has 4 N–H and O–H groups in total. The summed E-state index contributed by atoms with van der Waals surface area (Å²) >= 11 is 0. The highest BCUT2D eigenvalue weighted by molar-refractivity contribution is 5.56. The average molecular weight is 535 g/mol. The number of rotatable bonds is 7. The standard InChI is InChI=1S/C36H58N2O/c1-23(2)10-8-9-11-24(3)29-13-14-30-28-12-15-32-34(4,5)33(39-27-21-25(37)20-26(38)22-27)17-19-36(32,7)31(28)16-18-35(29,30)6/h10,20-22,24,28-33H,8-9,11-19,37-38H2,1-7H3. The van der Waals surface area contributed by atoms with Crippen molar-refractivity contribution in [3.05, 3.63) is 29.8 Å². The number of anilines is 2. The van der Waals surface area contributed by atoms with E-state index in [1.165, 1.54) is 69.8 Å². The molecule has 3 heteroatoms. The minimum atomic E-state index is 0.135. The highest BCUT2D eigenvalue weighted by Crippen LogP contribution is 2.70. The summed E-state index contributed by atoms with van der Waals surface area (Å²) in [4.78, 5) is 0. The van der Waals surface area contributed by atoms with E-state index >= 15 is 0 Å². The van der Waals surface area contributed by atoms with Crippen molar-refractivity contribution in [3.63, 3.8) is 0 Å². The third-order valence-electron chi connectivity index (χ3n) is 12.9. The van der Waals surface area contributed by atoms with Crippen LogP contribution < -0.4 is 16.2 Å². The van der Waals surface area contributed by atoms with E-state index in [9.17, 15) is 0 Å². The van der Waals surface area contributed by atoms with E-state index in [4.69, 9.17) is 16.2 Å². The Morgan fingerprint density at radius 1 is 0.897 bits per heavy atom. The molecule has 4 aliphatic carbocycles. The van der Waals surface area contributed by atoms with Crippen LogP contribution in [0.3, 0.4) is 0 Å². The number of nitrogens with two attached hydrogens (primary N) is 2. The second-order valence-electron chi connectivity index (χ2n) is 15.7. The van der Waals surface area contributed by atoms with Crippen LogP contribution in [0.4, 0.5) is 11.4 Å². The quantitative estimate of drug-likeness (QED) is 0.208. The normalized spacial score (nSPS) is 39.7. The summed E-state index contributed by atoms with van der Waals surface area (Å²) in [6.45, 7) is 17.4. The van der Waals surface area contributed by atoms with Gasteiger partial charge in [0, 0.05) is 28.9 Å². The summed E-state index contributed by atoms with van der Waals surface area (Å²) in [5.41, 5.74) is 16.1. The van der Waals surface area contributed by atoms with Crippen molar-refractivity contribution in [2.45, 2.75) is 125 Å². The highest BCUT2D eigenvalue weighted by Gasteiger charge is 2.63. The van der Waals surface area contributed by atoms with Gasteiger partial charge in [-0.3, -0.25) is 0 Å². The van der Waals surface area contributed by atoms with Gasteiger partial charge in [-0.1, -0.05) is 52.7 Å². The molecule has 0 aromatic heterocycles. The fraction of sp³-hybridized carbons (Fsp3) is 0.778. The smallest absolute Gasteiger partial charge is 0.123 e. The van der Waals surface area contributed by atoms with Crippen LogP contribution >= 0.6 is 0 Å². The maximum absolute atomic E-state index is 6.68. The summed E-state index contributed by atoms with van der Waals surface area (Å²) in [7, 11) is 0. The predicted molar refractivity (Wildman–Crippen MR) is 167 cm³/mol. The number of hydrogen-bond acceptors (Lipinski definition) is 3. The Kier molecular flexibility index (Phi) is 7.88. The largest absolute Gasteiger partial charge is 0.490 e. The third kappa shape index (κ3) is 5.14. The van der Waals surface area contributed by atoms with Crippen LogP contribution in [0.2, 0.25) is 0 Å². The third-order valence-corrected chi connectivity index (χ3v) is 12.9. The molecule has 4 aliphatic rings. The number of ether oxygens (including phenoxy) is 1. The Morgan fingerprint density at radius 3 is 2.26 bits per heavy atom. The van der Waals surface area contributed by atoms with Crippen LogP contribution in [0.5, 0.6) is 5.75 Å². The van der Waals surface area contributed by atoms with Gasteiger partial charge in [0.1, 0.15) is 11.9 Å². The molecule has 0 saturated heterocycles. The molecule has 218 valence electrons. The minimum absolute atomic E-state index is 0.135. The van der Waals surface area contributed by atoms with Crippen LogP contribution in [0, 0.1) is 51.8 Å². The Balaban J connectivity index is 1.29. The van der Waals surface area contributed by atoms with Crippen LogP contribution in [-0.2, 0) is 0 Å². The van der Waals surface area contributed by atoms with Crippen molar-refractivity contribution in [2.24, 2.45) is 51.8 Å². The Bertz CT molecular complexity index is 1040. The second-order valence-corrected chi connectivity index (χ2v) is 15.7. The monoisotopic (exact) mass is 534 g/mol. The summed E-state index contributed by atoms with van der Waals surface area (Å²) in [6.07, 6.45) is 17.7. The van der Waals surface area contributed by atoms with Crippen molar-refractivity contribution in [1.29, 1.82) is 0 Å². The summed E-state index contributed by atoms with van der Waals surface area (Å²) < 4.78 is 6.68. The summed E-state index contributed by atoms with van der Waals surface area (Å²) in [6, 6.07) is 5.70. The first-order valence-electron chi connectivity index (χ1n) is 16.3. The number of allylic oxidation sites excluding steroid dienone is 2. The molecular formula is C36H58N2O. The SMILES string of the molecule is CC(C)=CCCCC(C)C1CCC2C3CCC4C(C)(C)C(Oc5cc(N)cc(N)c5)CCC4(C)C3CCC12C. The highest BCUT2D eigenvalue weighted by atomic mass is 16.5. The number of benzene rings is 1. The molecule has 4 fully saturated rings. The molecule has 0 radical (unpaired) electrons. The van der Waals surface area contributed by atoms with E-state index in [1.807, 2.05) is 18.2 Å². The first-order chi connectivity index (χ1) is 18.4. The zero-order valence-electron chi connectivity index (χ0n) is 26.2. The van der Waals surface area contributed by atoms with Crippen molar-refractivity contribution in [2.75, 3.05) is 11.5 Å². The van der Waals surface area contributed by atoms with Crippen LogP contribution in [0.25, 0.3) is 0 Å². The average Bonchev–Trinajstić information content (AvgIpc) is 3.20. The number of hydrogen-bond donors (Lipinski definition) is 2. The van der Waals surface area contributed by atoms with Gasteiger partial charge in [0.15, 0.2) is 0 Å². The first-order valence-corrected chi connectivity index (χ1v) is 16.3. The van der Waals surface area contributed by atoms with E-state index in [0.29, 0.717) is 28.1 Å². The van der Waals surface area contributed by atoms with Crippen LogP contribution in [0.15, 0.2) is 29.8 Å². The van der Waals surface area contributed by atoms with Crippen molar-refractivity contribution < 1.29 is 4.74 Å². The van der Waals surface area contributed by atoms with Crippen molar-refractivity contribution >= 4 is 11.4 Å². The molecule has 0 heterocycles. The van der Waals surface area contributed by atoms with E-state index < -0.39 is 0 Å². The maximum atomic E-state index is 6.68.